The summed E-state index contributed by atoms with van der Waals surface area (Å²) >= 11 is 3.21. The predicted octanol–water partition coefficient (Wildman–Crippen LogP) is 4.03. The molecule has 110 valence electrons. The van der Waals surface area contributed by atoms with Gasteiger partial charge in [-0.3, -0.25) is 9.78 Å². The van der Waals surface area contributed by atoms with E-state index in [2.05, 4.69) is 20.9 Å². The van der Waals surface area contributed by atoms with Gasteiger partial charge in [-0.15, -0.1) is 0 Å². The number of benzene rings is 1. The number of halogens is 2. The molecule has 0 fully saturated rings. The number of aryl methyl sites for hydroxylation is 1. The number of carbonyl (C=O) groups is 1. The van der Waals surface area contributed by atoms with Crippen LogP contribution in [-0.2, 0) is 6.42 Å². The molecule has 0 saturated heterocycles. The average Bonchev–Trinajstić information content (AvgIpc) is 2.42. The van der Waals surface area contributed by atoms with Crippen molar-refractivity contribution >= 4 is 21.7 Å². The second-order valence-electron chi connectivity index (χ2n) is 4.74. The molecule has 1 heterocycles. The van der Waals surface area contributed by atoms with Gasteiger partial charge in [-0.1, -0.05) is 6.07 Å². The van der Waals surface area contributed by atoms with Crippen molar-refractivity contribution in [3.63, 3.8) is 0 Å². The molecule has 0 atom stereocenters. The van der Waals surface area contributed by atoms with Crippen molar-refractivity contribution in [2.45, 2.75) is 20.3 Å². The molecule has 0 bridgehead atoms. The number of ketones is 1. The lowest BCUT2D eigenvalue weighted by molar-refractivity contribution is 0.0987. The van der Waals surface area contributed by atoms with Crippen LogP contribution in [0.15, 0.2) is 28.9 Å². The minimum absolute atomic E-state index is 0.0298. The molecule has 0 saturated carbocycles. The van der Waals surface area contributed by atoms with E-state index in [-0.39, 0.29) is 17.8 Å². The lowest BCUT2D eigenvalue weighted by atomic mass is 10.0. The number of Topliss-reactive ketones (excluding diaryl/α,β-unsaturated/α-hetero) is 1. The number of ether oxygens (including phenoxy) is 1. The van der Waals surface area contributed by atoms with Crippen molar-refractivity contribution < 1.29 is 13.9 Å². The summed E-state index contributed by atoms with van der Waals surface area (Å²) in [6.45, 7) is 3.73. The van der Waals surface area contributed by atoms with Gasteiger partial charge in [0.15, 0.2) is 5.78 Å². The Labute approximate surface area is 131 Å². The molecule has 0 N–H and O–H groups in total. The summed E-state index contributed by atoms with van der Waals surface area (Å²) in [5.74, 6) is -0.145. The number of nitrogens with zero attached hydrogens (tertiary/aromatic N) is 1. The highest BCUT2D eigenvalue weighted by molar-refractivity contribution is 9.10. The van der Waals surface area contributed by atoms with E-state index in [4.69, 9.17) is 4.74 Å². The predicted molar refractivity (Wildman–Crippen MR) is 82.4 cm³/mol. The summed E-state index contributed by atoms with van der Waals surface area (Å²) in [7, 11) is 1.58. The Morgan fingerprint density at radius 2 is 2.10 bits per heavy atom. The van der Waals surface area contributed by atoms with E-state index >= 15 is 0 Å². The Kier molecular flexibility index (Phi) is 4.73. The summed E-state index contributed by atoms with van der Waals surface area (Å²) < 4.78 is 19.6. The van der Waals surface area contributed by atoms with Crippen LogP contribution in [0.5, 0.6) is 5.75 Å². The molecule has 0 aliphatic rings. The van der Waals surface area contributed by atoms with Gasteiger partial charge < -0.3 is 4.74 Å². The fourth-order valence-electron chi connectivity index (χ4n) is 2.25. The van der Waals surface area contributed by atoms with Crippen molar-refractivity contribution in [3.8, 4) is 5.75 Å². The van der Waals surface area contributed by atoms with Gasteiger partial charge in [-0.05, 0) is 41.9 Å². The molecule has 1 aromatic heterocycles. The molecule has 0 amide bonds. The molecule has 1 aromatic carbocycles. The Morgan fingerprint density at radius 1 is 1.38 bits per heavy atom. The maximum absolute atomic E-state index is 13.8. The average molecular weight is 352 g/mol. The first-order valence-electron chi connectivity index (χ1n) is 6.42. The van der Waals surface area contributed by atoms with Gasteiger partial charge in [0.1, 0.15) is 11.6 Å². The second kappa shape index (κ2) is 6.35. The first-order valence-corrected chi connectivity index (χ1v) is 7.21. The number of carbonyl (C=O) groups excluding carboxylic acids is 1. The van der Waals surface area contributed by atoms with E-state index in [0.29, 0.717) is 15.9 Å². The third-order valence-electron chi connectivity index (χ3n) is 3.32. The molecule has 3 nitrogen and oxygen atoms in total. The van der Waals surface area contributed by atoms with Crippen LogP contribution in [0.2, 0.25) is 0 Å². The first kappa shape index (κ1) is 15.6. The van der Waals surface area contributed by atoms with Crippen LogP contribution >= 0.6 is 15.9 Å². The zero-order valence-electron chi connectivity index (χ0n) is 12.0. The molecular formula is C16H15BrFNO2. The SMILES string of the molecule is COc1c(C)cnc(CC(=O)c2c(F)cccc2Br)c1C. The zero-order valence-corrected chi connectivity index (χ0v) is 13.6. The third kappa shape index (κ3) is 3.13. The van der Waals surface area contributed by atoms with Crippen molar-refractivity contribution in [3.05, 3.63) is 57.1 Å². The minimum atomic E-state index is -0.536. The number of hydrogen-bond acceptors (Lipinski definition) is 3. The van der Waals surface area contributed by atoms with E-state index in [1.165, 1.54) is 6.07 Å². The van der Waals surface area contributed by atoms with E-state index in [1.807, 2.05) is 13.8 Å². The highest BCUT2D eigenvalue weighted by atomic mass is 79.9. The van der Waals surface area contributed by atoms with Gasteiger partial charge in [0, 0.05) is 21.8 Å². The molecule has 21 heavy (non-hydrogen) atoms. The largest absolute Gasteiger partial charge is 0.496 e. The molecule has 0 spiro atoms. The van der Waals surface area contributed by atoms with Crippen LogP contribution in [0, 0.1) is 19.7 Å². The summed E-state index contributed by atoms with van der Waals surface area (Å²) in [6, 6.07) is 4.47. The van der Waals surface area contributed by atoms with Gasteiger partial charge >= 0.3 is 0 Å². The van der Waals surface area contributed by atoms with Crippen LogP contribution in [-0.4, -0.2) is 17.9 Å². The monoisotopic (exact) mass is 351 g/mol. The molecule has 0 aliphatic heterocycles. The van der Waals surface area contributed by atoms with Gasteiger partial charge in [-0.25, -0.2) is 4.39 Å². The van der Waals surface area contributed by atoms with Crippen LogP contribution in [0.3, 0.4) is 0 Å². The fourth-order valence-corrected chi connectivity index (χ4v) is 2.82. The Bertz CT molecular complexity index is 681. The van der Waals surface area contributed by atoms with Crippen LogP contribution in [0.1, 0.15) is 27.2 Å². The molecule has 2 aromatic rings. The van der Waals surface area contributed by atoms with Crippen molar-refractivity contribution in [1.82, 2.24) is 4.98 Å². The van der Waals surface area contributed by atoms with E-state index < -0.39 is 5.82 Å². The molecular weight excluding hydrogens is 337 g/mol. The van der Waals surface area contributed by atoms with Crippen molar-refractivity contribution in [2.75, 3.05) is 7.11 Å². The van der Waals surface area contributed by atoms with Crippen molar-refractivity contribution in [1.29, 1.82) is 0 Å². The van der Waals surface area contributed by atoms with Crippen LogP contribution < -0.4 is 4.74 Å². The molecule has 0 unspecified atom stereocenters. The van der Waals surface area contributed by atoms with Crippen LogP contribution in [0.25, 0.3) is 0 Å². The molecule has 5 heteroatoms. The number of aromatic nitrogens is 1. The quantitative estimate of drug-likeness (QED) is 0.780. The van der Waals surface area contributed by atoms with E-state index in [0.717, 1.165) is 11.1 Å². The van der Waals surface area contributed by atoms with Gasteiger partial charge in [0.05, 0.1) is 24.8 Å². The van der Waals surface area contributed by atoms with Crippen LogP contribution in [0.4, 0.5) is 4.39 Å². The maximum Gasteiger partial charge on any atom is 0.172 e. The highest BCUT2D eigenvalue weighted by Gasteiger charge is 2.19. The summed E-state index contributed by atoms with van der Waals surface area (Å²) in [6.07, 6.45) is 1.69. The second-order valence-corrected chi connectivity index (χ2v) is 5.60. The molecule has 2 rings (SSSR count). The number of hydrogen-bond donors (Lipinski definition) is 0. The molecule has 0 radical (unpaired) electrons. The lowest BCUT2D eigenvalue weighted by Crippen LogP contribution is -2.10. The topological polar surface area (TPSA) is 39.2 Å². The zero-order chi connectivity index (χ0) is 15.6. The Hall–Kier alpha value is -1.75. The fraction of sp³-hybridized carbons (Fsp3) is 0.250. The summed E-state index contributed by atoms with van der Waals surface area (Å²) in [4.78, 5) is 16.6. The standard InChI is InChI=1S/C16H15BrFNO2/c1-9-8-19-13(10(2)16(9)21-3)7-14(20)15-11(17)5-4-6-12(15)18/h4-6,8H,7H2,1-3H3. The summed E-state index contributed by atoms with van der Waals surface area (Å²) in [5.41, 5.74) is 2.35. The smallest absolute Gasteiger partial charge is 0.172 e. The lowest BCUT2D eigenvalue weighted by Gasteiger charge is -2.12. The van der Waals surface area contributed by atoms with Gasteiger partial charge in [0.25, 0.3) is 0 Å². The van der Waals surface area contributed by atoms with Gasteiger partial charge in [-0.2, -0.15) is 0 Å². The number of methoxy groups -OCH3 is 1. The van der Waals surface area contributed by atoms with Gasteiger partial charge in [0.2, 0.25) is 0 Å². The van der Waals surface area contributed by atoms with E-state index in [9.17, 15) is 9.18 Å². The maximum atomic E-state index is 13.8. The number of rotatable bonds is 4. The van der Waals surface area contributed by atoms with Crippen molar-refractivity contribution in [2.24, 2.45) is 0 Å². The third-order valence-corrected chi connectivity index (χ3v) is 3.98. The Morgan fingerprint density at radius 3 is 2.71 bits per heavy atom. The Balaban J connectivity index is 2.37. The normalized spacial score (nSPS) is 10.5. The summed E-state index contributed by atoms with van der Waals surface area (Å²) in [5, 5.41) is 0. The highest BCUT2D eigenvalue weighted by Crippen LogP contribution is 2.26. The van der Waals surface area contributed by atoms with E-state index in [1.54, 1.807) is 25.4 Å². The minimum Gasteiger partial charge on any atom is -0.496 e. The first-order chi connectivity index (χ1) is 9.95. The molecule has 0 aliphatic carbocycles. The number of pyridine rings is 1.